The lowest BCUT2D eigenvalue weighted by Crippen LogP contribution is -2.18. The average Bonchev–Trinajstić information content (AvgIpc) is 3.49. The second-order valence-electron chi connectivity index (χ2n) is 7.19. The van der Waals surface area contributed by atoms with Crippen LogP contribution in [0.4, 0.5) is 5.69 Å². The van der Waals surface area contributed by atoms with Gasteiger partial charge in [-0.05, 0) is 37.1 Å². The second kappa shape index (κ2) is 10.5. The van der Waals surface area contributed by atoms with E-state index in [4.69, 9.17) is 14.2 Å². The van der Waals surface area contributed by atoms with Crippen LogP contribution in [0.5, 0.6) is 11.5 Å². The maximum atomic E-state index is 12.6. The van der Waals surface area contributed by atoms with E-state index in [1.165, 1.54) is 11.8 Å². The molecule has 0 aliphatic carbocycles. The van der Waals surface area contributed by atoms with Crippen molar-refractivity contribution < 1.29 is 19.0 Å². The van der Waals surface area contributed by atoms with Crippen LogP contribution in [0, 0.1) is 0 Å². The smallest absolute Gasteiger partial charge is 0.234 e. The fourth-order valence-electron chi connectivity index (χ4n) is 3.48. The van der Waals surface area contributed by atoms with E-state index in [0.29, 0.717) is 28.9 Å². The standard InChI is InChI=1S/C22H25N5O4S/c1-29-16-5-6-18(19(12-16)30-2)24-20(28)14-32-22-26-25-21(15-7-9-23-10-8-15)27(22)13-17-4-3-11-31-17/h5-10,12,17H,3-4,11,13-14H2,1-2H3,(H,24,28)/t17-/m1/s1. The molecular formula is C22H25N5O4S. The van der Waals surface area contributed by atoms with Crippen molar-refractivity contribution in [2.75, 3.05) is 31.9 Å². The molecule has 0 bridgehead atoms. The summed E-state index contributed by atoms with van der Waals surface area (Å²) in [4.78, 5) is 16.7. The first kappa shape index (κ1) is 22.1. The summed E-state index contributed by atoms with van der Waals surface area (Å²) >= 11 is 1.34. The Labute approximate surface area is 190 Å². The van der Waals surface area contributed by atoms with E-state index in [9.17, 15) is 4.79 Å². The first-order valence-electron chi connectivity index (χ1n) is 10.3. The molecule has 168 valence electrons. The molecule has 10 heteroatoms. The predicted molar refractivity (Wildman–Crippen MR) is 121 cm³/mol. The zero-order valence-corrected chi connectivity index (χ0v) is 18.8. The monoisotopic (exact) mass is 455 g/mol. The molecule has 0 spiro atoms. The summed E-state index contributed by atoms with van der Waals surface area (Å²) in [5, 5.41) is 12.3. The molecule has 1 saturated heterocycles. The van der Waals surface area contributed by atoms with Gasteiger partial charge >= 0.3 is 0 Å². The Bertz CT molecular complexity index is 1050. The number of pyridine rings is 1. The Kier molecular flexibility index (Phi) is 7.23. The van der Waals surface area contributed by atoms with Crippen LogP contribution in [0.2, 0.25) is 0 Å². The molecule has 4 rings (SSSR count). The Morgan fingerprint density at radius 1 is 1.22 bits per heavy atom. The van der Waals surface area contributed by atoms with E-state index in [0.717, 1.165) is 30.8 Å². The number of hydrogen-bond donors (Lipinski definition) is 1. The van der Waals surface area contributed by atoms with E-state index < -0.39 is 0 Å². The molecule has 1 amide bonds. The highest BCUT2D eigenvalue weighted by atomic mass is 32.2. The number of ether oxygens (including phenoxy) is 3. The van der Waals surface area contributed by atoms with Gasteiger partial charge in [-0.15, -0.1) is 10.2 Å². The molecule has 0 radical (unpaired) electrons. The molecule has 1 aliphatic heterocycles. The number of thioether (sulfide) groups is 1. The molecular weight excluding hydrogens is 430 g/mol. The maximum absolute atomic E-state index is 12.6. The number of nitrogens with zero attached hydrogens (tertiary/aromatic N) is 4. The van der Waals surface area contributed by atoms with Gasteiger partial charge in [0, 0.05) is 30.6 Å². The number of rotatable bonds is 9. The number of carbonyl (C=O) groups is 1. The number of carbonyl (C=O) groups excluding carboxylic acids is 1. The summed E-state index contributed by atoms with van der Waals surface area (Å²) in [6.07, 6.45) is 5.61. The Balaban J connectivity index is 1.48. The quantitative estimate of drug-likeness (QED) is 0.491. The zero-order valence-electron chi connectivity index (χ0n) is 18.0. The molecule has 0 saturated carbocycles. The van der Waals surface area contributed by atoms with Crippen LogP contribution in [0.3, 0.4) is 0 Å². The summed E-state index contributed by atoms with van der Waals surface area (Å²) in [5.41, 5.74) is 1.50. The minimum atomic E-state index is -0.171. The number of methoxy groups -OCH3 is 2. The second-order valence-corrected chi connectivity index (χ2v) is 8.13. The van der Waals surface area contributed by atoms with Crippen LogP contribution in [-0.2, 0) is 16.1 Å². The van der Waals surface area contributed by atoms with Gasteiger partial charge in [0.1, 0.15) is 11.5 Å². The molecule has 0 unspecified atom stereocenters. The summed E-state index contributed by atoms with van der Waals surface area (Å²) < 4.78 is 18.4. The zero-order chi connectivity index (χ0) is 22.3. The molecule has 3 heterocycles. The summed E-state index contributed by atoms with van der Waals surface area (Å²) in [7, 11) is 3.13. The SMILES string of the molecule is COc1ccc(NC(=O)CSc2nnc(-c3ccncc3)n2C[C@H]2CCCO2)c(OC)c1. The minimum Gasteiger partial charge on any atom is -0.497 e. The lowest BCUT2D eigenvalue weighted by Gasteiger charge is -2.15. The Hall–Kier alpha value is -3.11. The highest BCUT2D eigenvalue weighted by molar-refractivity contribution is 7.99. The van der Waals surface area contributed by atoms with Crippen LogP contribution < -0.4 is 14.8 Å². The molecule has 1 N–H and O–H groups in total. The van der Waals surface area contributed by atoms with Crippen molar-refractivity contribution in [2.45, 2.75) is 30.6 Å². The van der Waals surface area contributed by atoms with Gasteiger partial charge in [-0.25, -0.2) is 0 Å². The third-order valence-corrected chi connectivity index (χ3v) is 6.05. The number of nitrogens with one attached hydrogen (secondary N) is 1. The maximum Gasteiger partial charge on any atom is 0.234 e. The van der Waals surface area contributed by atoms with Crippen molar-refractivity contribution in [2.24, 2.45) is 0 Å². The molecule has 1 fully saturated rings. The topological polar surface area (TPSA) is 100 Å². The molecule has 32 heavy (non-hydrogen) atoms. The number of hydrogen-bond acceptors (Lipinski definition) is 8. The van der Waals surface area contributed by atoms with Crippen LogP contribution in [0.15, 0.2) is 47.9 Å². The normalized spacial score (nSPS) is 15.5. The van der Waals surface area contributed by atoms with E-state index in [-0.39, 0.29) is 17.8 Å². The van der Waals surface area contributed by atoms with Gasteiger partial charge in [0.05, 0.1) is 38.3 Å². The van der Waals surface area contributed by atoms with Gasteiger partial charge in [0.2, 0.25) is 5.91 Å². The van der Waals surface area contributed by atoms with Crippen molar-refractivity contribution in [3.05, 3.63) is 42.7 Å². The average molecular weight is 456 g/mol. The number of amides is 1. The van der Waals surface area contributed by atoms with Gasteiger partial charge < -0.3 is 19.5 Å². The predicted octanol–water partition coefficient (Wildman–Crippen LogP) is 3.27. The van der Waals surface area contributed by atoms with Crippen molar-refractivity contribution in [3.8, 4) is 22.9 Å². The van der Waals surface area contributed by atoms with Gasteiger partial charge in [0.15, 0.2) is 11.0 Å². The Morgan fingerprint density at radius 3 is 2.78 bits per heavy atom. The summed E-state index contributed by atoms with van der Waals surface area (Å²) in [6, 6.07) is 9.04. The van der Waals surface area contributed by atoms with E-state index in [1.54, 1.807) is 44.8 Å². The highest BCUT2D eigenvalue weighted by Crippen LogP contribution is 2.30. The minimum absolute atomic E-state index is 0.114. The Morgan fingerprint density at radius 2 is 2.06 bits per heavy atom. The molecule has 1 aromatic carbocycles. The van der Waals surface area contributed by atoms with Gasteiger partial charge in [-0.3, -0.25) is 14.3 Å². The molecule has 1 atom stereocenters. The largest absolute Gasteiger partial charge is 0.497 e. The third kappa shape index (κ3) is 5.20. The first-order chi connectivity index (χ1) is 15.7. The van der Waals surface area contributed by atoms with Crippen molar-refractivity contribution >= 4 is 23.4 Å². The van der Waals surface area contributed by atoms with Gasteiger partial charge in [-0.1, -0.05) is 11.8 Å². The first-order valence-corrected chi connectivity index (χ1v) is 11.3. The summed E-state index contributed by atoms with van der Waals surface area (Å²) in [6.45, 7) is 1.41. The third-order valence-electron chi connectivity index (χ3n) is 5.08. The number of anilines is 1. The van der Waals surface area contributed by atoms with E-state index >= 15 is 0 Å². The van der Waals surface area contributed by atoms with E-state index in [1.807, 2.05) is 16.7 Å². The lowest BCUT2D eigenvalue weighted by atomic mass is 10.2. The van der Waals surface area contributed by atoms with Crippen molar-refractivity contribution in [1.82, 2.24) is 19.7 Å². The fraction of sp³-hybridized carbons (Fsp3) is 0.364. The van der Waals surface area contributed by atoms with Gasteiger partial charge in [-0.2, -0.15) is 0 Å². The van der Waals surface area contributed by atoms with Crippen molar-refractivity contribution in [1.29, 1.82) is 0 Å². The van der Waals surface area contributed by atoms with E-state index in [2.05, 4.69) is 20.5 Å². The number of benzene rings is 1. The summed E-state index contributed by atoms with van der Waals surface area (Å²) in [5.74, 6) is 1.93. The molecule has 1 aliphatic rings. The van der Waals surface area contributed by atoms with Crippen LogP contribution in [0.1, 0.15) is 12.8 Å². The fourth-order valence-corrected chi connectivity index (χ4v) is 4.23. The van der Waals surface area contributed by atoms with Crippen LogP contribution >= 0.6 is 11.8 Å². The van der Waals surface area contributed by atoms with Crippen molar-refractivity contribution in [3.63, 3.8) is 0 Å². The van der Waals surface area contributed by atoms with Gasteiger partial charge in [0.25, 0.3) is 0 Å². The lowest BCUT2D eigenvalue weighted by molar-refractivity contribution is -0.113. The molecule has 3 aromatic rings. The number of aromatic nitrogens is 4. The molecule has 9 nitrogen and oxygen atoms in total. The van der Waals surface area contributed by atoms with Crippen LogP contribution in [0.25, 0.3) is 11.4 Å². The van der Waals surface area contributed by atoms with Crippen LogP contribution in [-0.4, -0.2) is 58.3 Å². The molecule has 2 aromatic heterocycles. The highest BCUT2D eigenvalue weighted by Gasteiger charge is 2.22.